The first-order valence-corrected chi connectivity index (χ1v) is 13.4. The molecule has 1 amide bonds. The molecule has 204 valence electrons. The smallest absolute Gasteiger partial charge is 0.266 e. The Hall–Kier alpha value is -3.66. The van der Waals surface area contributed by atoms with Gasteiger partial charge in [0.25, 0.3) is 5.91 Å². The van der Waals surface area contributed by atoms with Gasteiger partial charge in [0.2, 0.25) is 5.90 Å². The van der Waals surface area contributed by atoms with Crippen molar-refractivity contribution in [3.05, 3.63) is 107 Å². The maximum atomic E-state index is 14.0. The number of hydrogen-bond acceptors (Lipinski definition) is 7. The predicted octanol–water partition coefficient (Wildman–Crippen LogP) is 4.53. The van der Waals surface area contributed by atoms with Crippen LogP contribution in [0, 0.1) is 0 Å². The van der Waals surface area contributed by atoms with Crippen LogP contribution in [0.2, 0.25) is 0 Å². The highest BCUT2D eigenvalue weighted by molar-refractivity contribution is 9.10. The van der Waals surface area contributed by atoms with E-state index in [-0.39, 0.29) is 18.9 Å². The normalized spacial score (nSPS) is 18.1. The van der Waals surface area contributed by atoms with E-state index in [4.69, 9.17) is 24.3 Å². The molecule has 3 N–H and O–H groups in total. The molecular weight excluding hydrogens is 562 g/mol. The molecule has 0 saturated carbocycles. The molecule has 0 fully saturated rings. The average Bonchev–Trinajstić information content (AvgIpc) is 3.35. The summed E-state index contributed by atoms with van der Waals surface area (Å²) < 4.78 is 18.6. The first-order chi connectivity index (χ1) is 19.0. The molecule has 0 spiro atoms. The first-order valence-electron chi connectivity index (χ1n) is 12.6. The van der Waals surface area contributed by atoms with Crippen LogP contribution in [0.1, 0.15) is 29.2 Å². The number of rotatable bonds is 13. The van der Waals surface area contributed by atoms with E-state index in [1.807, 2.05) is 72.8 Å². The summed E-state index contributed by atoms with van der Waals surface area (Å²) in [6, 6.07) is 22.6. The highest BCUT2D eigenvalue weighted by atomic mass is 79.9. The molecule has 8 nitrogen and oxygen atoms in total. The fraction of sp³-hybridized carbons (Fsp3) is 0.267. The average molecular weight is 595 g/mol. The molecule has 0 radical (unpaired) electrons. The van der Waals surface area contributed by atoms with Crippen LogP contribution >= 0.6 is 15.9 Å². The number of amides is 1. The number of benzene rings is 3. The monoisotopic (exact) mass is 593 g/mol. The molecule has 0 unspecified atom stereocenters. The zero-order valence-electron chi connectivity index (χ0n) is 21.7. The van der Waals surface area contributed by atoms with E-state index in [9.17, 15) is 4.79 Å². The zero-order chi connectivity index (χ0) is 27.7. The van der Waals surface area contributed by atoms with E-state index in [0.29, 0.717) is 42.5 Å². The number of hydrogen-bond donors (Lipinski definition) is 3. The second kappa shape index (κ2) is 13.4. The summed E-state index contributed by atoms with van der Waals surface area (Å²) in [7, 11) is 1.60. The fourth-order valence-corrected chi connectivity index (χ4v) is 4.58. The molecule has 0 bridgehead atoms. The Balaban J connectivity index is 1.77. The minimum Gasteiger partial charge on any atom is -0.497 e. The lowest BCUT2D eigenvalue weighted by Crippen LogP contribution is -2.54. The molecule has 1 aliphatic rings. The molecule has 1 heterocycles. The second-order valence-electron chi connectivity index (χ2n) is 8.99. The number of aliphatic hydroxyl groups is 1. The van der Waals surface area contributed by atoms with Crippen LogP contribution in [-0.2, 0) is 16.0 Å². The van der Waals surface area contributed by atoms with Crippen molar-refractivity contribution in [3.63, 3.8) is 0 Å². The number of methoxy groups -OCH3 is 1. The van der Waals surface area contributed by atoms with Gasteiger partial charge in [-0.2, -0.15) is 0 Å². The molecule has 9 heteroatoms. The van der Waals surface area contributed by atoms with Crippen molar-refractivity contribution in [3.8, 4) is 11.5 Å². The quantitative estimate of drug-likeness (QED) is 0.153. The molecular formula is C30H32BrN3O5. The molecule has 3 aromatic carbocycles. The Morgan fingerprint density at radius 1 is 1.15 bits per heavy atom. The number of nitrogens with zero attached hydrogens (tertiary/aromatic N) is 1. The standard InChI is InChI=1S/C30H32BrN3O5/c1-3-16-32-34-29(36)30(20-21-8-12-24(31)13-9-21)27(23-6-4-7-26(19-23)37-2)39-28(33-30)22-10-14-25(15-11-22)38-18-5-17-35/h3-4,6-15,19,27,32,35H,1,5,16-18,20H2,2H3,(H,34,36)/t27-,30-/m0/s1. The zero-order valence-corrected chi connectivity index (χ0v) is 23.3. The van der Waals surface area contributed by atoms with Gasteiger partial charge in [-0.25, -0.2) is 10.4 Å². The summed E-state index contributed by atoms with van der Waals surface area (Å²) in [5.41, 5.74) is 6.77. The van der Waals surface area contributed by atoms with Gasteiger partial charge in [-0.3, -0.25) is 10.2 Å². The summed E-state index contributed by atoms with van der Waals surface area (Å²) in [6.45, 7) is 4.58. The molecule has 0 aromatic heterocycles. The van der Waals surface area contributed by atoms with Gasteiger partial charge < -0.3 is 19.3 Å². The molecule has 39 heavy (non-hydrogen) atoms. The summed E-state index contributed by atoms with van der Waals surface area (Å²) in [4.78, 5) is 18.9. The van der Waals surface area contributed by atoms with Gasteiger partial charge in [0.05, 0.1) is 13.7 Å². The van der Waals surface area contributed by atoms with E-state index in [0.717, 1.165) is 15.6 Å². The van der Waals surface area contributed by atoms with Crippen LogP contribution < -0.4 is 20.3 Å². The van der Waals surface area contributed by atoms with Crippen LogP contribution in [0.3, 0.4) is 0 Å². The van der Waals surface area contributed by atoms with Gasteiger partial charge in [-0.15, -0.1) is 6.58 Å². The number of halogens is 1. The van der Waals surface area contributed by atoms with Gasteiger partial charge in [-0.05, 0) is 59.7 Å². The van der Waals surface area contributed by atoms with Crippen LogP contribution in [-0.4, -0.2) is 49.3 Å². The van der Waals surface area contributed by atoms with Crippen molar-refractivity contribution >= 4 is 27.7 Å². The third-order valence-corrected chi connectivity index (χ3v) is 6.79. The third-order valence-electron chi connectivity index (χ3n) is 6.26. The number of carbonyl (C=O) groups is 1. The van der Waals surface area contributed by atoms with Crippen LogP contribution in [0.15, 0.2) is 94.9 Å². The lowest BCUT2D eigenvalue weighted by molar-refractivity contribution is -0.129. The largest absolute Gasteiger partial charge is 0.497 e. The molecule has 2 atom stereocenters. The number of carbonyl (C=O) groups excluding carboxylic acids is 1. The van der Waals surface area contributed by atoms with Crippen molar-refractivity contribution in [1.29, 1.82) is 0 Å². The Bertz CT molecular complexity index is 1300. The number of hydrazine groups is 1. The number of aliphatic hydroxyl groups excluding tert-OH is 1. The predicted molar refractivity (Wildman–Crippen MR) is 154 cm³/mol. The fourth-order valence-electron chi connectivity index (χ4n) is 4.31. The topological polar surface area (TPSA) is 101 Å². The van der Waals surface area contributed by atoms with E-state index >= 15 is 0 Å². The maximum absolute atomic E-state index is 14.0. The van der Waals surface area contributed by atoms with Gasteiger partial charge in [0, 0.05) is 36.0 Å². The van der Waals surface area contributed by atoms with Crippen LogP contribution in [0.5, 0.6) is 11.5 Å². The van der Waals surface area contributed by atoms with Crippen molar-refractivity contribution < 1.29 is 24.1 Å². The number of nitrogens with one attached hydrogen (secondary N) is 2. The highest BCUT2D eigenvalue weighted by Gasteiger charge is 2.53. The Kier molecular flexibility index (Phi) is 9.75. The van der Waals surface area contributed by atoms with Crippen molar-refractivity contribution in [1.82, 2.24) is 10.9 Å². The summed E-state index contributed by atoms with van der Waals surface area (Å²) in [6.07, 6.45) is 1.76. The lowest BCUT2D eigenvalue weighted by Gasteiger charge is -2.31. The van der Waals surface area contributed by atoms with E-state index < -0.39 is 11.6 Å². The van der Waals surface area contributed by atoms with Crippen molar-refractivity contribution in [2.45, 2.75) is 24.5 Å². The number of aliphatic imine (C=N–C) groups is 1. The maximum Gasteiger partial charge on any atom is 0.266 e. The van der Waals surface area contributed by atoms with E-state index in [1.54, 1.807) is 13.2 Å². The Morgan fingerprint density at radius 2 is 1.92 bits per heavy atom. The summed E-state index contributed by atoms with van der Waals surface area (Å²) in [5.74, 6) is 1.33. The van der Waals surface area contributed by atoms with Gasteiger partial charge in [-0.1, -0.05) is 46.3 Å². The molecule has 3 aromatic rings. The Labute approximate surface area is 236 Å². The van der Waals surface area contributed by atoms with Crippen LogP contribution in [0.25, 0.3) is 0 Å². The first kappa shape index (κ1) is 28.4. The molecule has 0 saturated heterocycles. The summed E-state index contributed by atoms with van der Waals surface area (Å²) in [5, 5.41) is 9.00. The van der Waals surface area contributed by atoms with Gasteiger partial charge >= 0.3 is 0 Å². The number of ether oxygens (including phenoxy) is 3. The molecule has 4 rings (SSSR count). The van der Waals surface area contributed by atoms with Gasteiger partial charge in [0.1, 0.15) is 11.5 Å². The van der Waals surface area contributed by atoms with Gasteiger partial charge in [0.15, 0.2) is 11.6 Å². The third kappa shape index (κ3) is 6.86. The minimum absolute atomic E-state index is 0.0680. The van der Waals surface area contributed by atoms with Crippen molar-refractivity contribution in [2.24, 2.45) is 4.99 Å². The summed E-state index contributed by atoms with van der Waals surface area (Å²) >= 11 is 3.49. The van der Waals surface area contributed by atoms with E-state index in [1.165, 1.54) is 0 Å². The Morgan fingerprint density at radius 3 is 2.62 bits per heavy atom. The second-order valence-corrected chi connectivity index (χ2v) is 9.91. The highest BCUT2D eigenvalue weighted by Crippen LogP contribution is 2.43. The SMILES string of the molecule is C=CCNNC(=O)[C@@]1(Cc2ccc(Br)cc2)N=C(c2ccc(OCCCO)cc2)O[C@H]1c1cccc(OC)c1. The minimum atomic E-state index is -1.33. The van der Waals surface area contributed by atoms with E-state index in [2.05, 4.69) is 33.4 Å². The van der Waals surface area contributed by atoms with Crippen molar-refractivity contribution in [2.75, 3.05) is 26.9 Å². The molecule has 0 aliphatic carbocycles. The van der Waals surface area contributed by atoms with Crippen LogP contribution in [0.4, 0.5) is 0 Å². The molecule has 1 aliphatic heterocycles. The lowest BCUT2D eigenvalue weighted by atomic mass is 9.82.